The van der Waals surface area contributed by atoms with Crippen molar-refractivity contribution in [2.24, 2.45) is 7.05 Å². The van der Waals surface area contributed by atoms with Gasteiger partial charge in [0.05, 0.1) is 7.11 Å². The van der Waals surface area contributed by atoms with Gasteiger partial charge in [0.1, 0.15) is 17.1 Å². The van der Waals surface area contributed by atoms with E-state index in [4.69, 9.17) is 13.9 Å². The van der Waals surface area contributed by atoms with Crippen molar-refractivity contribution in [2.75, 3.05) is 13.7 Å². The molecule has 182 valence electrons. The number of benzene rings is 3. The Labute approximate surface area is 208 Å². The highest BCUT2D eigenvalue weighted by atomic mass is 16.5. The number of aryl methyl sites for hydroxylation is 2. The van der Waals surface area contributed by atoms with Crippen molar-refractivity contribution < 1.29 is 18.7 Å². The second kappa shape index (κ2) is 9.38. The molecule has 0 fully saturated rings. The van der Waals surface area contributed by atoms with Crippen LogP contribution in [-0.4, -0.2) is 24.1 Å². The molecule has 0 aliphatic rings. The summed E-state index contributed by atoms with van der Waals surface area (Å²) in [6, 6.07) is 20.9. The second-order valence-electron chi connectivity index (χ2n) is 8.93. The Morgan fingerprint density at radius 2 is 1.69 bits per heavy atom. The van der Waals surface area contributed by atoms with Crippen LogP contribution in [0.3, 0.4) is 0 Å². The minimum absolute atomic E-state index is 0.137. The maximum Gasteiger partial charge on any atom is 0.340 e. The third-order valence-corrected chi connectivity index (χ3v) is 6.83. The number of carbonyl (C=O) groups excluding carboxylic acids is 1. The lowest BCUT2D eigenvalue weighted by molar-refractivity contribution is 0.0922. The zero-order valence-corrected chi connectivity index (χ0v) is 20.8. The standard InChI is InChI=1S/C30H27NO5/c1-18-23-12-10-22(16-28(23)36-30(33)24(18)14-20-8-6-5-7-9-20)35-17-27(32)29-19(2)31(3)26-13-11-21(34-4)15-25(26)29/h5-13,15-16H,14,17H2,1-4H3. The Morgan fingerprint density at radius 3 is 2.44 bits per heavy atom. The molecule has 2 aromatic heterocycles. The summed E-state index contributed by atoms with van der Waals surface area (Å²) in [7, 11) is 3.54. The number of ether oxygens (including phenoxy) is 2. The highest BCUT2D eigenvalue weighted by Crippen LogP contribution is 2.30. The van der Waals surface area contributed by atoms with Crippen LogP contribution in [0.2, 0.25) is 0 Å². The Morgan fingerprint density at radius 1 is 0.944 bits per heavy atom. The summed E-state index contributed by atoms with van der Waals surface area (Å²) in [6.07, 6.45) is 0.507. The molecule has 2 heterocycles. The molecule has 0 aliphatic carbocycles. The third kappa shape index (κ3) is 4.15. The van der Waals surface area contributed by atoms with Crippen molar-refractivity contribution in [3.05, 3.63) is 105 Å². The molecule has 5 rings (SSSR count). The summed E-state index contributed by atoms with van der Waals surface area (Å²) in [5.41, 5.74) is 5.06. The van der Waals surface area contributed by atoms with E-state index in [1.807, 2.05) is 80.1 Å². The summed E-state index contributed by atoms with van der Waals surface area (Å²) in [5, 5.41) is 1.67. The number of Topliss-reactive ketones (excluding diaryl/α,β-unsaturated/α-hetero) is 1. The molecule has 0 N–H and O–H groups in total. The van der Waals surface area contributed by atoms with E-state index < -0.39 is 0 Å². The van der Waals surface area contributed by atoms with Gasteiger partial charge in [-0.05, 0) is 55.3 Å². The van der Waals surface area contributed by atoms with Crippen LogP contribution in [0.25, 0.3) is 21.9 Å². The maximum atomic E-state index is 13.2. The van der Waals surface area contributed by atoms with Crippen LogP contribution in [0.5, 0.6) is 11.5 Å². The summed E-state index contributed by atoms with van der Waals surface area (Å²) >= 11 is 0. The number of hydrogen-bond acceptors (Lipinski definition) is 5. The van der Waals surface area contributed by atoms with Crippen LogP contribution < -0.4 is 15.1 Å². The number of fused-ring (bicyclic) bond motifs is 2. The van der Waals surface area contributed by atoms with E-state index in [2.05, 4.69) is 0 Å². The summed E-state index contributed by atoms with van der Waals surface area (Å²) in [6.45, 7) is 3.71. The fourth-order valence-electron chi connectivity index (χ4n) is 4.72. The molecule has 6 nitrogen and oxygen atoms in total. The fraction of sp³-hybridized carbons (Fsp3) is 0.200. The van der Waals surface area contributed by atoms with Crippen molar-refractivity contribution >= 4 is 27.7 Å². The van der Waals surface area contributed by atoms with Gasteiger partial charge in [0, 0.05) is 52.6 Å². The molecule has 36 heavy (non-hydrogen) atoms. The van der Waals surface area contributed by atoms with Gasteiger partial charge in [-0.1, -0.05) is 30.3 Å². The van der Waals surface area contributed by atoms with Gasteiger partial charge in [-0.15, -0.1) is 0 Å². The average molecular weight is 482 g/mol. The zero-order valence-electron chi connectivity index (χ0n) is 20.8. The van der Waals surface area contributed by atoms with Gasteiger partial charge in [-0.2, -0.15) is 0 Å². The molecule has 0 bridgehead atoms. The van der Waals surface area contributed by atoms with Crippen LogP contribution >= 0.6 is 0 Å². The Bertz CT molecular complexity index is 1660. The van der Waals surface area contributed by atoms with E-state index in [0.29, 0.717) is 34.6 Å². The molecule has 0 atom stereocenters. The number of aromatic nitrogens is 1. The van der Waals surface area contributed by atoms with E-state index >= 15 is 0 Å². The van der Waals surface area contributed by atoms with E-state index in [1.54, 1.807) is 19.2 Å². The first kappa shape index (κ1) is 23.4. The van der Waals surface area contributed by atoms with Crippen LogP contribution in [-0.2, 0) is 13.5 Å². The van der Waals surface area contributed by atoms with Gasteiger partial charge in [-0.3, -0.25) is 4.79 Å². The number of nitrogens with zero attached hydrogens (tertiary/aromatic N) is 1. The quantitative estimate of drug-likeness (QED) is 0.218. The predicted octanol–water partition coefficient (Wildman–Crippen LogP) is 5.76. The van der Waals surface area contributed by atoms with E-state index in [0.717, 1.165) is 33.1 Å². The Balaban J connectivity index is 1.41. The van der Waals surface area contributed by atoms with Gasteiger partial charge < -0.3 is 18.5 Å². The molecule has 0 unspecified atom stereocenters. The third-order valence-electron chi connectivity index (χ3n) is 6.83. The van der Waals surface area contributed by atoms with E-state index in [-0.39, 0.29) is 18.0 Å². The highest BCUT2D eigenvalue weighted by Gasteiger charge is 2.20. The van der Waals surface area contributed by atoms with E-state index in [9.17, 15) is 9.59 Å². The zero-order chi connectivity index (χ0) is 25.4. The monoisotopic (exact) mass is 481 g/mol. The van der Waals surface area contributed by atoms with Gasteiger partial charge >= 0.3 is 5.63 Å². The predicted molar refractivity (Wildman–Crippen MR) is 141 cm³/mol. The molecule has 0 aliphatic heterocycles. The van der Waals surface area contributed by atoms with Gasteiger partial charge in [0.15, 0.2) is 6.61 Å². The number of methoxy groups -OCH3 is 1. The summed E-state index contributed by atoms with van der Waals surface area (Å²) in [5.74, 6) is 1.02. The lowest BCUT2D eigenvalue weighted by atomic mass is 10.00. The van der Waals surface area contributed by atoms with Crippen molar-refractivity contribution in [3.63, 3.8) is 0 Å². The molecule has 0 saturated heterocycles. The largest absolute Gasteiger partial charge is 0.497 e. The first-order valence-corrected chi connectivity index (χ1v) is 11.8. The molecule has 6 heteroatoms. The van der Waals surface area contributed by atoms with Crippen LogP contribution in [0.4, 0.5) is 0 Å². The normalized spacial score (nSPS) is 11.2. The lowest BCUT2D eigenvalue weighted by Gasteiger charge is -2.10. The van der Waals surface area contributed by atoms with Crippen LogP contribution in [0, 0.1) is 13.8 Å². The molecular weight excluding hydrogens is 454 g/mol. The van der Waals surface area contributed by atoms with Crippen molar-refractivity contribution in [1.82, 2.24) is 4.57 Å². The highest BCUT2D eigenvalue weighted by molar-refractivity contribution is 6.10. The molecule has 5 aromatic rings. The van der Waals surface area contributed by atoms with Crippen molar-refractivity contribution in [1.29, 1.82) is 0 Å². The van der Waals surface area contributed by atoms with Gasteiger partial charge in [0.25, 0.3) is 0 Å². The molecule has 3 aromatic carbocycles. The molecule has 0 amide bonds. The van der Waals surface area contributed by atoms with Gasteiger partial charge in [0.2, 0.25) is 5.78 Å². The van der Waals surface area contributed by atoms with Crippen molar-refractivity contribution in [3.8, 4) is 11.5 Å². The fourth-order valence-corrected chi connectivity index (χ4v) is 4.72. The number of carbonyl (C=O) groups is 1. The summed E-state index contributed by atoms with van der Waals surface area (Å²) < 4.78 is 18.8. The van der Waals surface area contributed by atoms with E-state index in [1.165, 1.54) is 0 Å². The number of rotatable bonds is 7. The number of ketones is 1. The van der Waals surface area contributed by atoms with Crippen molar-refractivity contribution in [2.45, 2.75) is 20.3 Å². The van der Waals surface area contributed by atoms with Crippen LogP contribution in [0.1, 0.15) is 32.7 Å². The average Bonchev–Trinajstić information content (AvgIpc) is 3.14. The Kier molecular flexibility index (Phi) is 6.10. The topological polar surface area (TPSA) is 70.7 Å². The molecular formula is C30H27NO5. The molecule has 0 radical (unpaired) electrons. The first-order valence-electron chi connectivity index (χ1n) is 11.8. The summed E-state index contributed by atoms with van der Waals surface area (Å²) in [4.78, 5) is 26.0. The maximum absolute atomic E-state index is 13.2. The molecule has 0 spiro atoms. The van der Waals surface area contributed by atoms with Gasteiger partial charge in [-0.25, -0.2) is 4.79 Å². The SMILES string of the molecule is COc1ccc2c(c1)c(C(=O)COc1ccc3c(C)c(Cc4ccccc4)c(=O)oc3c1)c(C)n2C. The first-order chi connectivity index (χ1) is 17.4. The molecule has 0 saturated carbocycles. The number of hydrogen-bond donors (Lipinski definition) is 0. The Hall–Kier alpha value is -4.32. The van der Waals surface area contributed by atoms with Crippen LogP contribution in [0.15, 0.2) is 75.9 Å². The minimum Gasteiger partial charge on any atom is -0.497 e. The smallest absolute Gasteiger partial charge is 0.340 e. The minimum atomic E-state index is -0.364. The lowest BCUT2D eigenvalue weighted by Crippen LogP contribution is -2.13. The second-order valence-corrected chi connectivity index (χ2v) is 8.93.